The third-order valence-electron chi connectivity index (χ3n) is 2.83. The summed E-state index contributed by atoms with van der Waals surface area (Å²) in [5.74, 6) is 0. The second kappa shape index (κ2) is 12.2. The SMILES string of the molecule is [CH2]CCCCCCCCCP(=O)(OCC)OCC. The molecule has 1 radical (unpaired) electrons. The van der Waals surface area contributed by atoms with Crippen LogP contribution in [0.5, 0.6) is 0 Å². The number of hydrogen-bond donors (Lipinski definition) is 0. The van der Waals surface area contributed by atoms with Crippen LogP contribution in [0.3, 0.4) is 0 Å². The highest BCUT2D eigenvalue weighted by Gasteiger charge is 2.22. The summed E-state index contributed by atoms with van der Waals surface area (Å²) in [7, 11) is -2.79. The van der Waals surface area contributed by atoms with Gasteiger partial charge in [-0.3, -0.25) is 4.57 Å². The van der Waals surface area contributed by atoms with E-state index in [2.05, 4.69) is 6.92 Å². The van der Waals surface area contributed by atoms with Crippen LogP contribution >= 0.6 is 7.60 Å². The van der Waals surface area contributed by atoms with Crippen LogP contribution in [0.15, 0.2) is 0 Å². The van der Waals surface area contributed by atoms with Crippen LogP contribution in [0.25, 0.3) is 0 Å². The Morgan fingerprint density at radius 3 is 1.72 bits per heavy atom. The fraction of sp³-hybridized carbons (Fsp3) is 0.929. The van der Waals surface area contributed by atoms with E-state index in [0.29, 0.717) is 19.4 Å². The van der Waals surface area contributed by atoms with Gasteiger partial charge in [-0.05, 0) is 20.3 Å². The van der Waals surface area contributed by atoms with E-state index in [-0.39, 0.29) is 0 Å². The highest BCUT2D eigenvalue weighted by molar-refractivity contribution is 7.53. The van der Waals surface area contributed by atoms with Crippen molar-refractivity contribution in [2.24, 2.45) is 0 Å². The van der Waals surface area contributed by atoms with Gasteiger partial charge in [0, 0.05) is 0 Å². The van der Waals surface area contributed by atoms with E-state index in [1.807, 2.05) is 13.8 Å². The number of unbranched alkanes of at least 4 members (excludes halogenated alkanes) is 7. The first-order valence-electron chi connectivity index (χ1n) is 7.36. The lowest BCUT2D eigenvalue weighted by atomic mass is 10.1. The first-order chi connectivity index (χ1) is 8.68. The van der Waals surface area contributed by atoms with Gasteiger partial charge >= 0.3 is 7.60 Å². The molecule has 0 saturated carbocycles. The monoisotopic (exact) mass is 277 g/mol. The summed E-state index contributed by atoms with van der Waals surface area (Å²) < 4.78 is 22.6. The summed E-state index contributed by atoms with van der Waals surface area (Å²) in [5.41, 5.74) is 0. The fourth-order valence-electron chi connectivity index (χ4n) is 1.93. The van der Waals surface area contributed by atoms with E-state index >= 15 is 0 Å². The van der Waals surface area contributed by atoms with Gasteiger partial charge in [-0.1, -0.05) is 51.9 Å². The molecule has 0 rings (SSSR count). The molecule has 0 aliphatic carbocycles. The van der Waals surface area contributed by atoms with Crippen molar-refractivity contribution in [2.75, 3.05) is 19.4 Å². The van der Waals surface area contributed by atoms with Crippen LogP contribution in [0.4, 0.5) is 0 Å². The molecule has 0 aliphatic heterocycles. The fourth-order valence-corrected chi connectivity index (χ4v) is 3.66. The van der Waals surface area contributed by atoms with Crippen LogP contribution in [0.2, 0.25) is 0 Å². The lowest BCUT2D eigenvalue weighted by Gasteiger charge is -2.16. The van der Waals surface area contributed by atoms with Gasteiger partial charge in [-0.15, -0.1) is 0 Å². The smallest absolute Gasteiger partial charge is 0.309 e. The zero-order valence-corrected chi connectivity index (χ0v) is 13.1. The molecule has 0 saturated heterocycles. The second-order valence-corrected chi connectivity index (χ2v) is 6.68. The van der Waals surface area contributed by atoms with Gasteiger partial charge < -0.3 is 9.05 Å². The van der Waals surface area contributed by atoms with Gasteiger partial charge in [0.25, 0.3) is 0 Å². The van der Waals surface area contributed by atoms with Gasteiger partial charge in [-0.25, -0.2) is 0 Å². The zero-order chi connectivity index (χ0) is 13.7. The number of hydrogen-bond acceptors (Lipinski definition) is 3. The molecule has 0 aliphatic rings. The van der Waals surface area contributed by atoms with Crippen molar-refractivity contribution >= 4 is 7.60 Å². The van der Waals surface area contributed by atoms with Gasteiger partial charge in [0.2, 0.25) is 0 Å². The van der Waals surface area contributed by atoms with Crippen molar-refractivity contribution < 1.29 is 13.6 Å². The first kappa shape index (κ1) is 18.1. The van der Waals surface area contributed by atoms with Crippen LogP contribution in [-0.2, 0) is 13.6 Å². The van der Waals surface area contributed by atoms with Crippen molar-refractivity contribution in [1.82, 2.24) is 0 Å². The zero-order valence-electron chi connectivity index (χ0n) is 12.2. The molecule has 109 valence electrons. The average Bonchev–Trinajstić information content (AvgIpc) is 2.33. The molecule has 0 N–H and O–H groups in total. The molecule has 0 atom stereocenters. The molecule has 0 unspecified atom stereocenters. The predicted octanol–water partition coefficient (Wildman–Crippen LogP) is 5.21. The van der Waals surface area contributed by atoms with E-state index in [1.165, 1.54) is 32.1 Å². The lowest BCUT2D eigenvalue weighted by molar-refractivity contribution is 0.219. The molecule has 0 aromatic heterocycles. The highest BCUT2D eigenvalue weighted by Crippen LogP contribution is 2.48. The quantitative estimate of drug-likeness (QED) is 0.342. The highest BCUT2D eigenvalue weighted by atomic mass is 31.2. The average molecular weight is 277 g/mol. The van der Waals surface area contributed by atoms with Crippen LogP contribution < -0.4 is 0 Å². The third kappa shape index (κ3) is 10.1. The first-order valence-corrected chi connectivity index (χ1v) is 9.08. The topological polar surface area (TPSA) is 35.5 Å². The van der Waals surface area contributed by atoms with E-state index in [1.54, 1.807) is 0 Å². The van der Waals surface area contributed by atoms with Crippen LogP contribution in [0.1, 0.15) is 65.2 Å². The standard InChI is InChI=1S/C14H30O3P/c1-4-7-8-9-10-11-12-13-14-18(15,16-5-2)17-6-3/h1,4-14H2,2-3H3. The van der Waals surface area contributed by atoms with Crippen LogP contribution in [-0.4, -0.2) is 19.4 Å². The minimum Gasteiger partial charge on any atom is -0.309 e. The second-order valence-electron chi connectivity index (χ2n) is 4.50. The van der Waals surface area contributed by atoms with Crippen molar-refractivity contribution in [3.05, 3.63) is 6.92 Å². The van der Waals surface area contributed by atoms with Crippen molar-refractivity contribution in [1.29, 1.82) is 0 Å². The summed E-state index contributed by atoms with van der Waals surface area (Å²) in [6, 6.07) is 0. The maximum atomic E-state index is 12.1. The molecule has 0 heterocycles. The molecule has 0 fully saturated rings. The van der Waals surface area contributed by atoms with Gasteiger partial charge in [0.05, 0.1) is 19.4 Å². The molecular weight excluding hydrogens is 247 g/mol. The van der Waals surface area contributed by atoms with Crippen molar-refractivity contribution in [2.45, 2.75) is 65.2 Å². The normalized spacial score (nSPS) is 11.9. The van der Waals surface area contributed by atoms with E-state index in [4.69, 9.17) is 9.05 Å². The Morgan fingerprint density at radius 2 is 1.28 bits per heavy atom. The number of rotatable bonds is 13. The molecule has 0 spiro atoms. The molecule has 0 aromatic rings. The summed E-state index contributed by atoms with van der Waals surface area (Å²) in [6.45, 7) is 8.47. The van der Waals surface area contributed by atoms with Gasteiger partial charge in [-0.2, -0.15) is 0 Å². The maximum Gasteiger partial charge on any atom is 0.330 e. The Balaban J connectivity index is 3.52. The lowest BCUT2D eigenvalue weighted by Crippen LogP contribution is -2.00. The van der Waals surface area contributed by atoms with Crippen LogP contribution in [0, 0.1) is 6.92 Å². The van der Waals surface area contributed by atoms with E-state index in [9.17, 15) is 4.57 Å². The Bertz CT molecular complexity index is 209. The van der Waals surface area contributed by atoms with E-state index in [0.717, 1.165) is 19.3 Å². The van der Waals surface area contributed by atoms with Crippen molar-refractivity contribution in [3.8, 4) is 0 Å². The molecule has 0 amide bonds. The van der Waals surface area contributed by atoms with E-state index < -0.39 is 7.60 Å². The predicted molar refractivity (Wildman–Crippen MR) is 78.0 cm³/mol. The van der Waals surface area contributed by atoms with Crippen molar-refractivity contribution in [3.63, 3.8) is 0 Å². The molecule has 0 aromatic carbocycles. The largest absolute Gasteiger partial charge is 0.330 e. The summed E-state index contributed by atoms with van der Waals surface area (Å²) in [6.07, 6.45) is 9.98. The Labute approximate surface area is 113 Å². The molecule has 3 nitrogen and oxygen atoms in total. The molecule has 0 bridgehead atoms. The molecule has 18 heavy (non-hydrogen) atoms. The summed E-state index contributed by atoms with van der Waals surface area (Å²) >= 11 is 0. The maximum absolute atomic E-state index is 12.1. The summed E-state index contributed by atoms with van der Waals surface area (Å²) in [5, 5.41) is 0. The molecular formula is C14H30O3P. The van der Waals surface area contributed by atoms with Gasteiger partial charge in [0.1, 0.15) is 0 Å². The molecule has 4 heteroatoms. The summed E-state index contributed by atoms with van der Waals surface area (Å²) in [4.78, 5) is 0. The minimum absolute atomic E-state index is 0.461. The minimum atomic E-state index is -2.79. The van der Waals surface area contributed by atoms with Gasteiger partial charge in [0.15, 0.2) is 0 Å². The Hall–Kier alpha value is 0.150. The third-order valence-corrected chi connectivity index (χ3v) is 5.00. The Morgan fingerprint density at radius 1 is 0.833 bits per heavy atom. The Kier molecular flexibility index (Phi) is 12.3.